The molecule has 2 atom stereocenters. The molecule has 2 aromatic rings. The number of amides is 4. The summed E-state index contributed by atoms with van der Waals surface area (Å²) in [6, 6.07) is 15.8. The maximum absolute atomic E-state index is 13.6. The maximum atomic E-state index is 13.6. The van der Waals surface area contributed by atoms with Crippen LogP contribution in [0.3, 0.4) is 0 Å². The molecule has 0 saturated carbocycles. The summed E-state index contributed by atoms with van der Waals surface area (Å²) >= 11 is 0. The molecule has 0 bridgehead atoms. The molecule has 2 aromatic carbocycles. The molecule has 4 amide bonds. The molecule has 5 rings (SSSR count). The third-order valence-corrected chi connectivity index (χ3v) is 8.86. The zero-order valence-electron chi connectivity index (χ0n) is 18.8. The Morgan fingerprint density at radius 2 is 1.82 bits per heavy atom. The molecular formula is C25H27N3O5S. The Balaban J connectivity index is 1.40. The number of imide groups is 1. The van der Waals surface area contributed by atoms with Gasteiger partial charge in [0.15, 0.2) is 9.84 Å². The van der Waals surface area contributed by atoms with Gasteiger partial charge in [0, 0.05) is 12.6 Å². The number of benzene rings is 2. The maximum Gasteiger partial charge on any atom is 0.325 e. The lowest BCUT2D eigenvalue weighted by molar-refractivity contribution is -0.140. The molecule has 2 aliphatic heterocycles. The zero-order chi connectivity index (χ0) is 23.9. The molecule has 34 heavy (non-hydrogen) atoms. The Kier molecular flexibility index (Phi) is 5.67. The van der Waals surface area contributed by atoms with Gasteiger partial charge in [0.2, 0.25) is 5.91 Å². The molecule has 0 radical (unpaired) electrons. The lowest BCUT2D eigenvalue weighted by Crippen LogP contribution is -2.49. The van der Waals surface area contributed by atoms with E-state index in [2.05, 4.69) is 5.32 Å². The van der Waals surface area contributed by atoms with Crippen LogP contribution < -0.4 is 5.32 Å². The first-order chi connectivity index (χ1) is 16.3. The van der Waals surface area contributed by atoms with E-state index in [1.165, 1.54) is 4.90 Å². The van der Waals surface area contributed by atoms with Crippen molar-refractivity contribution in [3.05, 3.63) is 71.3 Å². The van der Waals surface area contributed by atoms with Gasteiger partial charge in [-0.1, -0.05) is 54.6 Å². The Morgan fingerprint density at radius 1 is 1.09 bits per heavy atom. The fourth-order valence-electron chi connectivity index (χ4n) is 5.40. The molecule has 8 nitrogen and oxygen atoms in total. The van der Waals surface area contributed by atoms with Crippen LogP contribution >= 0.6 is 0 Å². The molecule has 1 N–H and O–H groups in total. The lowest BCUT2D eigenvalue weighted by Gasteiger charge is -2.33. The summed E-state index contributed by atoms with van der Waals surface area (Å²) < 4.78 is 24.2. The van der Waals surface area contributed by atoms with Gasteiger partial charge in [-0.15, -0.1) is 0 Å². The molecule has 3 aliphatic rings. The average Bonchev–Trinajstić information content (AvgIpc) is 3.30. The minimum Gasteiger partial charge on any atom is -0.333 e. The predicted octanol–water partition coefficient (Wildman–Crippen LogP) is 1.99. The Morgan fingerprint density at radius 3 is 2.56 bits per heavy atom. The van der Waals surface area contributed by atoms with E-state index in [1.807, 2.05) is 54.6 Å². The monoisotopic (exact) mass is 481 g/mol. The second-order valence-corrected chi connectivity index (χ2v) is 11.5. The van der Waals surface area contributed by atoms with Crippen LogP contribution in [0.25, 0.3) is 0 Å². The number of hydrogen-bond donors (Lipinski definition) is 1. The van der Waals surface area contributed by atoms with Gasteiger partial charge in [0.05, 0.1) is 11.5 Å². The van der Waals surface area contributed by atoms with Crippen molar-refractivity contribution in [3.63, 3.8) is 0 Å². The molecule has 178 valence electrons. The van der Waals surface area contributed by atoms with E-state index < -0.39 is 45.8 Å². The first-order valence-corrected chi connectivity index (χ1v) is 13.4. The highest BCUT2D eigenvalue weighted by Gasteiger charge is 2.54. The van der Waals surface area contributed by atoms with Crippen LogP contribution in [0.1, 0.15) is 36.0 Å². The van der Waals surface area contributed by atoms with Crippen LogP contribution in [-0.2, 0) is 37.9 Å². The van der Waals surface area contributed by atoms with Crippen molar-refractivity contribution in [3.8, 4) is 0 Å². The molecule has 1 spiro atoms. The number of nitrogens with one attached hydrogen (secondary N) is 1. The smallest absolute Gasteiger partial charge is 0.325 e. The molecule has 0 aromatic heterocycles. The van der Waals surface area contributed by atoms with E-state index >= 15 is 0 Å². The second-order valence-electron chi connectivity index (χ2n) is 9.30. The van der Waals surface area contributed by atoms with Crippen LogP contribution in [0.2, 0.25) is 0 Å². The summed E-state index contributed by atoms with van der Waals surface area (Å²) in [5.41, 5.74) is 1.53. The van der Waals surface area contributed by atoms with Gasteiger partial charge >= 0.3 is 6.03 Å². The van der Waals surface area contributed by atoms with Gasteiger partial charge in [0.1, 0.15) is 12.1 Å². The average molecular weight is 482 g/mol. The van der Waals surface area contributed by atoms with Gasteiger partial charge in [-0.05, 0) is 42.4 Å². The topological polar surface area (TPSA) is 104 Å². The highest BCUT2D eigenvalue weighted by atomic mass is 32.2. The number of nitrogens with zero attached hydrogens (tertiary/aromatic N) is 2. The normalized spacial score (nSPS) is 25.3. The van der Waals surface area contributed by atoms with E-state index in [9.17, 15) is 22.8 Å². The van der Waals surface area contributed by atoms with E-state index in [1.54, 1.807) is 0 Å². The van der Waals surface area contributed by atoms with Crippen molar-refractivity contribution in [2.75, 3.05) is 18.1 Å². The summed E-state index contributed by atoms with van der Waals surface area (Å²) in [6.07, 6.45) is 2.41. The van der Waals surface area contributed by atoms with Crippen molar-refractivity contribution in [2.24, 2.45) is 0 Å². The lowest BCUT2D eigenvalue weighted by atomic mass is 9.76. The molecule has 2 fully saturated rings. The number of sulfone groups is 1. The fourth-order valence-corrected chi connectivity index (χ4v) is 7.13. The van der Waals surface area contributed by atoms with Gasteiger partial charge in [0.25, 0.3) is 5.91 Å². The van der Waals surface area contributed by atoms with E-state index in [0.29, 0.717) is 12.8 Å². The van der Waals surface area contributed by atoms with Crippen molar-refractivity contribution in [2.45, 2.75) is 43.8 Å². The van der Waals surface area contributed by atoms with Crippen molar-refractivity contribution in [1.82, 2.24) is 15.1 Å². The zero-order valence-corrected chi connectivity index (χ0v) is 19.6. The number of urea groups is 1. The minimum atomic E-state index is -3.22. The van der Waals surface area contributed by atoms with E-state index in [4.69, 9.17) is 0 Å². The number of hydrogen-bond acceptors (Lipinski definition) is 5. The molecular weight excluding hydrogens is 454 g/mol. The Bertz CT molecular complexity index is 1250. The summed E-state index contributed by atoms with van der Waals surface area (Å²) in [5.74, 6) is -0.935. The van der Waals surface area contributed by atoms with Crippen LogP contribution in [0.15, 0.2) is 54.6 Å². The van der Waals surface area contributed by atoms with Crippen molar-refractivity contribution >= 4 is 27.7 Å². The second kappa shape index (κ2) is 8.54. The van der Waals surface area contributed by atoms with Gasteiger partial charge < -0.3 is 10.2 Å². The highest BCUT2D eigenvalue weighted by Crippen LogP contribution is 2.40. The standard InChI is InChI=1S/C25H27N3O5S/c29-22(27(15-18-7-2-1-3-8-18)20-12-14-34(32,33)17-20)16-28-23(30)25(26-24(28)31)13-6-10-19-9-4-5-11-21(19)25/h1-5,7-9,11,20H,6,10,12-17H2,(H,26,31)/t20-,25-/m0/s1. The Labute approximate surface area is 198 Å². The number of carbonyl (C=O) groups excluding carboxylic acids is 3. The summed E-state index contributed by atoms with van der Waals surface area (Å²) in [4.78, 5) is 42.5. The highest BCUT2D eigenvalue weighted by molar-refractivity contribution is 7.91. The van der Waals surface area contributed by atoms with Gasteiger partial charge in [-0.25, -0.2) is 13.2 Å². The SMILES string of the molecule is O=C1N[C@]2(CCCc3ccccc32)C(=O)N1CC(=O)N(Cc1ccccc1)[C@H]1CCS(=O)(=O)C1. The third-order valence-electron chi connectivity index (χ3n) is 7.11. The largest absolute Gasteiger partial charge is 0.333 e. The summed E-state index contributed by atoms with van der Waals surface area (Å²) in [6.45, 7) is -0.199. The van der Waals surface area contributed by atoms with Crippen LogP contribution in [0.4, 0.5) is 4.79 Å². The number of fused-ring (bicyclic) bond motifs is 2. The quantitative estimate of drug-likeness (QED) is 0.658. The molecule has 1 aliphatic carbocycles. The summed E-state index contributed by atoms with van der Waals surface area (Å²) in [7, 11) is -3.22. The molecule has 9 heteroatoms. The van der Waals surface area contributed by atoms with Crippen LogP contribution in [0.5, 0.6) is 0 Å². The molecule has 2 saturated heterocycles. The minimum absolute atomic E-state index is 0.0270. The number of carbonyl (C=O) groups is 3. The predicted molar refractivity (Wildman–Crippen MR) is 125 cm³/mol. The van der Waals surface area contributed by atoms with Gasteiger partial charge in [-0.2, -0.15) is 0 Å². The van der Waals surface area contributed by atoms with Gasteiger partial charge in [-0.3, -0.25) is 14.5 Å². The number of aryl methyl sites for hydroxylation is 1. The first kappa shape index (κ1) is 22.6. The molecule has 0 unspecified atom stereocenters. The summed E-state index contributed by atoms with van der Waals surface area (Å²) in [5, 5.41) is 2.87. The van der Waals surface area contributed by atoms with Crippen molar-refractivity contribution in [1.29, 1.82) is 0 Å². The third kappa shape index (κ3) is 3.98. The van der Waals surface area contributed by atoms with E-state index in [-0.39, 0.29) is 18.1 Å². The molecule has 2 heterocycles. The van der Waals surface area contributed by atoms with Crippen LogP contribution in [-0.4, -0.2) is 60.2 Å². The number of rotatable bonds is 5. The first-order valence-electron chi connectivity index (χ1n) is 11.6. The van der Waals surface area contributed by atoms with Crippen LogP contribution in [0, 0.1) is 0 Å². The van der Waals surface area contributed by atoms with E-state index in [0.717, 1.165) is 34.4 Å². The fraction of sp³-hybridized carbons (Fsp3) is 0.400. The Hall–Kier alpha value is -3.20. The van der Waals surface area contributed by atoms with Crippen molar-refractivity contribution < 1.29 is 22.8 Å².